The van der Waals surface area contributed by atoms with Crippen LogP contribution in [-0.2, 0) is 42.9 Å². The zero-order chi connectivity index (χ0) is 54.7. The van der Waals surface area contributed by atoms with E-state index in [4.69, 9.17) is 23.7 Å². The first-order valence-corrected chi connectivity index (χ1v) is 28.5. The molecule has 1 fully saturated rings. The van der Waals surface area contributed by atoms with E-state index in [1.807, 2.05) is 12.2 Å². The molecule has 1 aliphatic heterocycles. The highest BCUT2D eigenvalue weighted by atomic mass is 16.7. The van der Waals surface area contributed by atoms with Crippen LogP contribution in [0.25, 0.3) is 0 Å². The molecule has 0 aromatic rings. The van der Waals surface area contributed by atoms with Crippen molar-refractivity contribution in [2.45, 2.75) is 237 Å². The minimum Gasteiger partial charge on any atom is -0.479 e. The zero-order valence-electron chi connectivity index (χ0n) is 46.2. The van der Waals surface area contributed by atoms with Crippen molar-refractivity contribution >= 4 is 23.9 Å². The molecule has 0 radical (unpaired) electrons. The second-order valence-electron chi connectivity index (χ2n) is 18.8. The van der Waals surface area contributed by atoms with Crippen molar-refractivity contribution in [3.05, 3.63) is 122 Å². The fraction of sp³-hybridized carbons (Fsp3) is 0.619. The minimum atomic E-state index is -1.93. The topological polar surface area (TPSA) is 175 Å². The molecule has 12 nitrogen and oxygen atoms in total. The van der Waals surface area contributed by atoms with Gasteiger partial charge in [0.05, 0.1) is 13.0 Å². The number of carbonyl (C=O) groups is 4. The average molecular weight is 1050 g/mol. The molecular weight excluding hydrogens is 949 g/mol. The molecule has 0 aromatic carbocycles. The molecule has 3 N–H and O–H groups in total. The number of allylic oxidation sites excluding steroid dienone is 19. The Kier molecular flexibility index (Phi) is 45.4. The van der Waals surface area contributed by atoms with Crippen molar-refractivity contribution in [2.75, 3.05) is 13.2 Å². The number of rotatable bonds is 46. The molecule has 0 aliphatic carbocycles. The van der Waals surface area contributed by atoms with E-state index in [2.05, 4.69) is 124 Å². The second-order valence-corrected chi connectivity index (χ2v) is 18.8. The van der Waals surface area contributed by atoms with Crippen LogP contribution >= 0.6 is 0 Å². The van der Waals surface area contributed by atoms with Gasteiger partial charge in [0.15, 0.2) is 24.6 Å². The van der Waals surface area contributed by atoms with Crippen LogP contribution in [0.5, 0.6) is 0 Å². The van der Waals surface area contributed by atoms with E-state index in [-0.39, 0.29) is 25.9 Å². The Labute approximate surface area is 452 Å². The van der Waals surface area contributed by atoms with E-state index in [0.29, 0.717) is 19.3 Å². The number of carbonyl (C=O) groups excluding carboxylic acids is 3. The number of carboxylic acids is 1. The summed E-state index contributed by atoms with van der Waals surface area (Å²) < 4.78 is 28.2. The lowest BCUT2D eigenvalue weighted by molar-refractivity contribution is -0.301. The second kappa shape index (κ2) is 50.0. The van der Waals surface area contributed by atoms with E-state index < -0.39 is 67.3 Å². The number of ether oxygens (including phenoxy) is 5. The quantitative estimate of drug-likeness (QED) is 0.0228. The summed E-state index contributed by atoms with van der Waals surface area (Å²) in [5.41, 5.74) is 0. The van der Waals surface area contributed by atoms with E-state index in [1.54, 1.807) is 6.08 Å². The molecule has 6 atom stereocenters. The van der Waals surface area contributed by atoms with E-state index >= 15 is 0 Å². The van der Waals surface area contributed by atoms with Gasteiger partial charge >= 0.3 is 23.9 Å². The Balaban J connectivity index is 2.78. The predicted octanol–water partition coefficient (Wildman–Crippen LogP) is 14.4. The molecule has 0 aromatic heterocycles. The van der Waals surface area contributed by atoms with Crippen LogP contribution in [0.4, 0.5) is 0 Å². The van der Waals surface area contributed by atoms with Gasteiger partial charge in [0.2, 0.25) is 0 Å². The van der Waals surface area contributed by atoms with Gasteiger partial charge in [-0.15, -0.1) is 0 Å². The first-order valence-electron chi connectivity index (χ1n) is 28.5. The predicted molar refractivity (Wildman–Crippen MR) is 303 cm³/mol. The van der Waals surface area contributed by atoms with Gasteiger partial charge in [0, 0.05) is 12.8 Å². The Morgan fingerprint density at radius 3 is 1.36 bits per heavy atom. The molecule has 12 heteroatoms. The lowest BCUT2D eigenvalue weighted by Gasteiger charge is -2.40. The monoisotopic (exact) mass is 1050 g/mol. The number of aliphatic hydroxyl groups is 2. The summed E-state index contributed by atoms with van der Waals surface area (Å²) in [5, 5.41) is 31.4. The summed E-state index contributed by atoms with van der Waals surface area (Å²) in [6.07, 6.45) is 56.2. The van der Waals surface area contributed by atoms with Gasteiger partial charge < -0.3 is 39.0 Å². The van der Waals surface area contributed by atoms with Gasteiger partial charge in [0.25, 0.3) is 0 Å². The number of unbranched alkanes of at least 4 members (excludes halogenated alkanes) is 13. The van der Waals surface area contributed by atoms with Crippen molar-refractivity contribution < 1.29 is 58.2 Å². The van der Waals surface area contributed by atoms with Crippen molar-refractivity contribution in [3.8, 4) is 0 Å². The summed E-state index contributed by atoms with van der Waals surface area (Å²) in [4.78, 5) is 51.0. The molecule has 0 spiro atoms. The first kappa shape index (κ1) is 68.1. The third-order valence-corrected chi connectivity index (χ3v) is 12.0. The van der Waals surface area contributed by atoms with Crippen LogP contribution in [0.15, 0.2) is 122 Å². The molecule has 0 amide bonds. The number of aliphatic carboxylic acids is 1. The highest BCUT2D eigenvalue weighted by molar-refractivity contribution is 5.74. The van der Waals surface area contributed by atoms with E-state index in [1.165, 1.54) is 25.7 Å². The SMILES string of the molecule is CC/C=C\C/C=C\C/C=C\C/C=C\C/C=C\CC(=O)OCC(COC1OC(C(=O)O)C(O)C(O)C1OC(=O)CCCCCC/C=C\C/C=C\C/C=C\C/C=C\CC)OC(=O)CCCCCCC/C=C\CCCCCC. The van der Waals surface area contributed by atoms with Crippen molar-refractivity contribution in [1.29, 1.82) is 0 Å². The average Bonchev–Trinajstić information content (AvgIpc) is 3.39. The van der Waals surface area contributed by atoms with Crippen LogP contribution in [-0.4, -0.2) is 89.2 Å². The summed E-state index contributed by atoms with van der Waals surface area (Å²) >= 11 is 0. The molecule has 422 valence electrons. The molecule has 75 heavy (non-hydrogen) atoms. The summed E-state index contributed by atoms with van der Waals surface area (Å²) in [6, 6.07) is 0. The highest BCUT2D eigenvalue weighted by Gasteiger charge is 2.50. The molecular formula is C63H98O12. The third-order valence-electron chi connectivity index (χ3n) is 12.0. The summed E-state index contributed by atoms with van der Waals surface area (Å²) in [6.45, 7) is 5.62. The molecule has 1 heterocycles. The van der Waals surface area contributed by atoms with Gasteiger partial charge in [-0.1, -0.05) is 194 Å². The first-order chi connectivity index (χ1) is 36.6. The van der Waals surface area contributed by atoms with Gasteiger partial charge in [-0.25, -0.2) is 4.79 Å². The van der Waals surface area contributed by atoms with Gasteiger partial charge in [0.1, 0.15) is 18.8 Å². The molecule has 1 saturated heterocycles. The van der Waals surface area contributed by atoms with Crippen LogP contribution in [0, 0.1) is 0 Å². The lowest BCUT2D eigenvalue weighted by atomic mass is 9.98. The van der Waals surface area contributed by atoms with Crippen molar-refractivity contribution in [1.82, 2.24) is 0 Å². The maximum Gasteiger partial charge on any atom is 0.335 e. The lowest BCUT2D eigenvalue weighted by Crippen LogP contribution is -2.61. The largest absolute Gasteiger partial charge is 0.479 e. The third kappa shape index (κ3) is 40.1. The fourth-order valence-electron chi connectivity index (χ4n) is 7.72. The standard InChI is InChI=1S/C63H98O12/c1-4-7-10-13-16-19-22-25-27-28-30-33-36-39-42-45-48-51-57(66)74-61-59(68)58(67)60(62(69)70)75-63(61)72-53-54(73-56(65)50-47-44-41-38-35-31-24-21-18-15-12-9-6-3)52-71-55(64)49-46-43-40-37-34-32-29-26-23-20-17-14-11-8-5-2/h7-8,10-11,16-17,19-21,24-27,29-30,33-34,37,43,46,54,58-61,63,67-68H,4-6,9,12-15,18,22-23,28,31-32,35-36,38-42,44-45,47-53H2,1-3H3,(H,69,70)/b10-7-,11-8-,19-16-,20-17-,24-21-,27-25-,29-26-,33-30-,37-34-,46-43-. The molecule has 1 aliphatic rings. The highest BCUT2D eigenvalue weighted by Crippen LogP contribution is 2.26. The maximum atomic E-state index is 13.1. The number of esters is 3. The Morgan fingerprint density at radius 2 is 0.880 bits per heavy atom. The maximum absolute atomic E-state index is 13.1. The smallest absolute Gasteiger partial charge is 0.335 e. The summed E-state index contributed by atoms with van der Waals surface area (Å²) in [7, 11) is 0. The Hall–Kier alpha value is -4.88. The van der Waals surface area contributed by atoms with E-state index in [0.717, 1.165) is 116 Å². The fourth-order valence-corrected chi connectivity index (χ4v) is 7.72. The number of aliphatic hydroxyl groups excluding tert-OH is 2. The van der Waals surface area contributed by atoms with Gasteiger partial charge in [-0.3, -0.25) is 14.4 Å². The van der Waals surface area contributed by atoms with E-state index in [9.17, 15) is 34.5 Å². The summed E-state index contributed by atoms with van der Waals surface area (Å²) in [5.74, 6) is -3.35. The van der Waals surface area contributed by atoms with Crippen LogP contribution < -0.4 is 0 Å². The van der Waals surface area contributed by atoms with Crippen LogP contribution in [0.2, 0.25) is 0 Å². The molecule has 0 saturated carbocycles. The van der Waals surface area contributed by atoms with Crippen LogP contribution in [0.3, 0.4) is 0 Å². The molecule has 1 rings (SSSR count). The number of hydrogen-bond donors (Lipinski definition) is 3. The van der Waals surface area contributed by atoms with Gasteiger partial charge in [-0.05, 0) is 109 Å². The van der Waals surface area contributed by atoms with Crippen LogP contribution in [0.1, 0.15) is 201 Å². The minimum absolute atomic E-state index is 0.0166. The normalized spacial score (nSPS) is 19.1. The number of hydrogen-bond acceptors (Lipinski definition) is 11. The van der Waals surface area contributed by atoms with Crippen molar-refractivity contribution in [2.24, 2.45) is 0 Å². The molecule has 6 unspecified atom stereocenters. The van der Waals surface area contributed by atoms with Gasteiger partial charge in [-0.2, -0.15) is 0 Å². The number of carboxylic acid groups (broad SMARTS) is 1. The molecule has 0 bridgehead atoms. The van der Waals surface area contributed by atoms with Crippen molar-refractivity contribution in [3.63, 3.8) is 0 Å². The Morgan fingerprint density at radius 1 is 0.467 bits per heavy atom. The Bertz CT molecular complexity index is 1770. The zero-order valence-corrected chi connectivity index (χ0v) is 46.2.